The molecule has 0 bridgehead atoms. The van der Waals surface area contributed by atoms with Crippen LogP contribution < -0.4 is 4.90 Å². The number of hydrogen-bond acceptors (Lipinski definition) is 5. The predicted octanol–water partition coefficient (Wildman–Crippen LogP) is 13.7. The standard InChI is InChI=1S/C52H36N4O/c1-52(2)43-27-15-14-23-37(43)38-30-29-36(31-44(38)52)56(35-21-10-5-11-22-35)45-32-42-47-41(26-16-28-46(47)57-48(42)40-25-13-12-24-39(40)45)51-54-49(33-17-6-3-7-18-33)53-50(55-51)34-19-8-4-9-20-34/h3-32H,1-2H3. The molecule has 1 aliphatic rings. The molecule has 0 N–H and O–H groups in total. The molecule has 8 aromatic carbocycles. The molecule has 0 saturated carbocycles. The van der Waals surface area contributed by atoms with Crippen LogP contribution in [0.2, 0.25) is 0 Å². The van der Waals surface area contributed by atoms with E-state index in [2.05, 4.69) is 128 Å². The van der Waals surface area contributed by atoms with Gasteiger partial charge in [-0.15, -0.1) is 0 Å². The monoisotopic (exact) mass is 732 g/mol. The van der Waals surface area contributed by atoms with Crippen molar-refractivity contribution in [3.05, 3.63) is 193 Å². The lowest BCUT2D eigenvalue weighted by Crippen LogP contribution is -2.16. The number of para-hydroxylation sites is 1. The average molecular weight is 733 g/mol. The van der Waals surface area contributed by atoms with Crippen molar-refractivity contribution < 1.29 is 4.42 Å². The molecule has 0 amide bonds. The van der Waals surface area contributed by atoms with Gasteiger partial charge in [-0.2, -0.15) is 0 Å². The van der Waals surface area contributed by atoms with Gasteiger partial charge in [-0.05, 0) is 58.7 Å². The van der Waals surface area contributed by atoms with Crippen molar-refractivity contribution >= 4 is 49.8 Å². The van der Waals surface area contributed by atoms with Gasteiger partial charge in [-0.1, -0.05) is 159 Å². The van der Waals surface area contributed by atoms with E-state index in [9.17, 15) is 0 Å². The Bertz CT molecular complexity index is 3100. The van der Waals surface area contributed by atoms with E-state index in [1.165, 1.54) is 22.3 Å². The van der Waals surface area contributed by atoms with E-state index >= 15 is 0 Å². The zero-order valence-corrected chi connectivity index (χ0v) is 31.5. The van der Waals surface area contributed by atoms with Crippen LogP contribution in [-0.4, -0.2) is 15.0 Å². The highest BCUT2D eigenvalue weighted by molar-refractivity contribution is 6.22. The van der Waals surface area contributed by atoms with E-state index in [0.29, 0.717) is 17.5 Å². The fourth-order valence-electron chi connectivity index (χ4n) is 8.77. The first-order valence-corrected chi connectivity index (χ1v) is 19.4. The third kappa shape index (κ3) is 5.27. The maximum atomic E-state index is 6.84. The molecular formula is C52H36N4O. The fraction of sp³-hybridized carbons (Fsp3) is 0.0577. The normalized spacial score (nSPS) is 12.9. The van der Waals surface area contributed by atoms with Crippen LogP contribution in [0.15, 0.2) is 186 Å². The molecule has 0 radical (unpaired) electrons. The summed E-state index contributed by atoms with van der Waals surface area (Å²) in [6.07, 6.45) is 0. The van der Waals surface area contributed by atoms with Crippen molar-refractivity contribution in [3.63, 3.8) is 0 Å². The largest absolute Gasteiger partial charge is 0.455 e. The van der Waals surface area contributed by atoms with Crippen molar-refractivity contribution in [2.75, 3.05) is 4.90 Å². The lowest BCUT2D eigenvalue weighted by Gasteiger charge is -2.29. The van der Waals surface area contributed by atoms with E-state index in [1.54, 1.807) is 0 Å². The molecule has 10 aromatic rings. The average Bonchev–Trinajstić information content (AvgIpc) is 3.76. The Morgan fingerprint density at radius 3 is 1.74 bits per heavy atom. The summed E-state index contributed by atoms with van der Waals surface area (Å²) >= 11 is 0. The second kappa shape index (κ2) is 12.9. The number of anilines is 3. The number of furan rings is 1. The molecule has 57 heavy (non-hydrogen) atoms. The Morgan fingerprint density at radius 1 is 0.439 bits per heavy atom. The van der Waals surface area contributed by atoms with Gasteiger partial charge in [-0.3, -0.25) is 0 Å². The Kier molecular flexibility index (Phi) is 7.45. The summed E-state index contributed by atoms with van der Waals surface area (Å²) in [6.45, 7) is 4.67. The van der Waals surface area contributed by atoms with Crippen LogP contribution in [0.5, 0.6) is 0 Å². The molecule has 11 rings (SSSR count). The molecule has 1 aliphatic carbocycles. The summed E-state index contributed by atoms with van der Waals surface area (Å²) in [5, 5.41) is 4.08. The minimum Gasteiger partial charge on any atom is -0.455 e. The Balaban J connectivity index is 1.18. The summed E-state index contributed by atoms with van der Waals surface area (Å²) in [4.78, 5) is 17.6. The lowest BCUT2D eigenvalue weighted by atomic mass is 9.82. The highest BCUT2D eigenvalue weighted by atomic mass is 16.3. The Labute approximate surface area is 330 Å². The number of rotatable bonds is 6. The van der Waals surface area contributed by atoms with Gasteiger partial charge >= 0.3 is 0 Å². The molecule has 0 spiro atoms. The summed E-state index contributed by atoms with van der Waals surface area (Å²) < 4.78 is 6.84. The minimum atomic E-state index is -0.145. The second-order valence-corrected chi connectivity index (χ2v) is 15.2. The molecule has 2 heterocycles. The molecule has 0 aliphatic heterocycles. The van der Waals surface area contributed by atoms with E-state index in [-0.39, 0.29) is 5.41 Å². The molecule has 0 unspecified atom stereocenters. The first-order chi connectivity index (χ1) is 28.0. The van der Waals surface area contributed by atoms with Gasteiger partial charge in [0.2, 0.25) is 0 Å². The number of nitrogens with zero attached hydrogens (tertiary/aromatic N) is 4. The topological polar surface area (TPSA) is 55.1 Å². The van der Waals surface area contributed by atoms with Crippen molar-refractivity contribution in [3.8, 4) is 45.3 Å². The van der Waals surface area contributed by atoms with E-state index in [4.69, 9.17) is 19.4 Å². The van der Waals surface area contributed by atoms with Gasteiger partial charge < -0.3 is 9.32 Å². The highest BCUT2D eigenvalue weighted by Gasteiger charge is 2.36. The predicted molar refractivity (Wildman–Crippen MR) is 233 cm³/mol. The molecule has 5 nitrogen and oxygen atoms in total. The van der Waals surface area contributed by atoms with Crippen molar-refractivity contribution in [1.82, 2.24) is 15.0 Å². The molecule has 2 aromatic heterocycles. The van der Waals surface area contributed by atoms with Crippen molar-refractivity contribution in [1.29, 1.82) is 0 Å². The number of hydrogen-bond donors (Lipinski definition) is 0. The van der Waals surface area contributed by atoms with E-state index in [0.717, 1.165) is 66.5 Å². The van der Waals surface area contributed by atoms with Gasteiger partial charge in [0.15, 0.2) is 17.5 Å². The zero-order valence-electron chi connectivity index (χ0n) is 31.5. The third-order valence-electron chi connectivity index (χ3n) is 11.5. The second-order valence-electron chi connectivity index (χ2n) is 15.2. The SMILES string of the molecule is CC1(C)c2ccccc2-c2ccc(N(c3ccccc3)c3cc4c(oc5cccc(-c6nc(-c7ccccc7)nc(-c7ccccc7)n6)c54)c4ccccc34)cc21. The van der Waals surface area contributed by atoms with Crippen LogP contribution in [-0.2, 0) is 5.41 Å². The number of benzene rings is 8. The summed E-state index contributed by atoms with van der Waals surface area (Å²) in [7, 11) is 0. The third-order valence-corrected chi connectivity index (χ3v) is 11.5. The maximum absolute atomic E-state index is 6.84. The number of aromatic nitrogens is 3. The van der Waals surface area contributed by atoms with Crippen LogP contribution in [0.3, 0.4) is 0 Å². The van der Waals surface area contributed by atoms with Gasteiger partial charge in [0.25, 0.3) is 0 Å². The molecule has 5 heteroatoms. The highest BCUT2D eigenvalue weighted by Crippen LogP contribution is 2.52. The van der Waals surface area contributed by atoms with Crippen LogP contribution in [0.25, 0.3) is 78.0 Å². The van der Waals surface area contributed by atoms with Crippen molar-refractivity contribution in [2.24, 2.45) is 0 Å². The fourth-order valence-corrected chi connectivity index (χ4v) is 8.77. The summed E-state index contributed by atoms with van der Waals surface area (Å²) in [5.41, 5.74) is 12.7. The van der Waals surface area contributed by atoms with Gasteiger partial charge in [0.05, 0.1) is 5.69 Å². The van der Waals surface area contributed by atoms with Gasteiger partial charge in [0.1, 0.15) is 11.2 Å². The van der Waals surface area contributed by atoms with E-state index in [1.807, 2.05) is 72.8 Å². The zero-order chi connectivity index (χ0) is 38.1. The first kappa shape index (κ1) is 33.0. The molecular weight excluding hydrogens is 697 g/mol. The first-order valence-electron chi connectivity index (χ1n) is 19.4. The van der Waals surface area contributed by atoms with Crippen LogP contribution in [0.1, 0.15) is 25.0 Å². The molecule has 0 fully saturated rings. The number of fused-ring (bicyclic) bond motifs is 8. The molecule has 0 atom stereocenters. The smallest absolute Gasteiger partial charge is 0.164 e. The maximum Gasteiger partial charge on any atom is 0.164 e. The lowest BCUT2D eigenvalue weighted by molar-refractivity contribution is 0.660. The van der Waals surface area contributed by atoms with Gasteiger partial charge in [-0.25, -0.2) is 15.0 Å². The molecule has 0 saturated heterocycles. The summed E-state index contributed by atoms with van der Waals surface area (Å²) in [6, 6.07) is 63.7. The Hall–Kier alpha value is -7.37. The Morgan fingerprint density at radius 2 is 1.02 bits per heavy atom. The van der Waals surface area contributed by atoms with Crippen LogP contribution >= 0.6 is 0 Å². The van der Waals surface area contributed by atoms with Crippen LogP contribution in [0, 0.1) is 0 Å². The van der Waals surface area contributed by atoms with Crippen LogP contribution in [0.4, 0.5) is 17.1 Å². The van der Waals surface area contributed by atoms with Crippen molar-refractivity contribution in [2.45, 2.75) is 19.3 Å². The quantitative estimate of drug-likeness (QED) is 0.170. The summed E-state index contributed by atoms with van der Waals surface area (Å²) in [5.74, 6) is 1.82. The van der Waals surface area contributed by atoms with Gasteiger partial charge in [0, 0.05) is 55.0 Å². The van der Waals surface area contributed by atoms with E-state index < -0.39 is 0 Å². The minimum absolute atomic E-state index is 0.145. The molecule has 270 valence electrons.